The van der Waals surface area contributed by atoms with Crippen molar-refractivity contribution in [2.45, 2.75) is 13.8 Å². The highest BCUT2D eigenvalue weighted by molar-refractivity contribution is 6.06. The van der Waals surface area contributed by atoms with Crippen molar-refractivity contribution in [2.24, 2.45) is 0 Å². The molecule has 0 unspecified atom stereocenters. The van der Waals surface area contributed by atoms with Gasteiger partial charge in [-0.25, -0.2) is 0 Å². The first-order valence-corrected chi connectivity index (χ1v) is 5.37. The second-order valence-corrected chi connectivity index (χ2v) is 4.22. The van der Waals surface area contributed by atoms with E-state index in [4.69, 9.17) is 8.83 Å². The summed E-state index contributed by atoms with van der Waals surface area (Å²) in [6.45, 7) is 3.28. The highest BCUT2D eigenvalue weighted by Gasteiger charge is 2.20. The smallest absolute Gasteiger partial charge is 0.203 e. The van der Waals surface area contributed by atoms with Crippen molar-refractivity contribution in [3.8, 4) is 11.5 Å². The molecule has 0 spiro atoms. The van der Waals surface area contributed by atoms with Crippen LogP contribution in [0.4, 0.5) is 0 Å². The number of aryl methyl sites for hydroxylation is 2. The van der Waals surface area contributed by atoms with E-state index < -0.39 is 5.43 Å². The number of hydrogen-bond acceptors (Lipinski definition) is 5. The maximum atomic E-state index is 11.9. The van der Waals surface area contributed by atoms with Gasteiger partial charge in [0.15, 0.2) is 16.6 Å². The maximum Gasteiger partial charge on any atom is 0.203 e. The molecule has 0 amide bonds. The lowest BCUT2D eigenvalue weighted by Crippen LogP contribution is -2.00. The zero-order chi connectivity index (χ0) is 13.0. The molecule has 0 aliphatic carbocycles. The predicted molar refractivity (Wildman–Crippen MR) is 65.1 cm³/mol. The quantitative estimate of drug-likeness (QED) is 0.595. The van der Waals surface area contributed by atoms with E-state index in [-0.39, 0.29) is 28.1 Å². The third kappa shape index (κ3) is 1.24. The fraction of sp³-hybridized carbons (Fsp3) is 0.154. The highest BCUT2D eigenvalue weighted by Crippen LogP contribution is 2.41. The van der Waals surface area contributed by atoms with Gasteiger partial charge >= 0.3 is 0 Å². The highest BCUT2D eigenvalue weighted by atomic mass is 16.4. The summed E-state index contributed by atoms with van der Waals surface area (Å²) in [4.78, 5) is 11.9. The molecule has 0 bridgehead atoms. The van der Waals surface area contributed by atoms with E-state index in [9.17, 15) is 15.0 Å². The molecule has 3 rings (SSSR count). The van der Waals surface area contributed by atoms with Crippen LogP contribution in [0.3, 0.4) is 0 Å². The van der Waals surface area contributed by atoms with Crippen LogP contribution in [-0.2, 0) is 0 Å². The van der Waals surface area contributed by atoms with Gasteiger partial charge in [-0.1, -0.05) is 0 Å². The van der Waals surface area contributed by atoms with Crippen LogP contribution in [0.1, 0.15) is 11.5 Å². The Bertz CT molecular complexity index is 838. The molecule has 18 heavy (non-hydrogen) atoms. The lowest BCUT2D eigenvalue weighted by molar-refractivity contribution is 0.443. The monoisotopic (exact) mass is 246 g/mol. The van der Waals surface area contributed by atoms with Gasteiger partial charge in [0, 0.05) is 6.07 Å². The van der Waals surface area contributed by atoms with Gasteiger partial charge in [-0.15, -0.1) is 0 Å². The van der Waals surface area contributed by atoms with Gasteiger partial charge in [-0.2, -0.15) is 0 Å². The Morgan fingerprint density at radius 1 is 0.944 bits per heavy atom. The normalized spacial score (nSPS) is 11.4. The van der Waals surface area contributed by atoms with Gasteiger partial charge in [0.1, 0.15) is 22.7 Å². The van der Waals surface area contributed by atoms with E-state index in [1.54, 1.807) is 19.9 Å². The molecule has 0 aliphatic heterocycles. The molecule has 2 N–H and O–H groups in total. The van der Waals surface area contributed by atoms with Gasteiger partial charge in [-0.3, -0.25) is 4.79 Å². The van der Waals surface area contributed by atoms with Crippen molar-refractivity contribution < 1.29 is 19.0 Å². The maximum absolute atomic E-state index is 11.9. The van der Waals surface area contributed by atoms with Gasteiger partial charge < -0.3 is 19.0 Å². The second kappa shape index (κ2) is 3.29. The van der Waals surface area contributed by atoms with Crippen LogP contribution in [0.15, 0.2) is 25.8 Å². The van der Waals surface area contributed by atoms with Crippen LogP contribution in [-0.4, -0.2) is 10.2 Å². The average Bonchev–Trinajstić information content (AvgIpc) is 2.67. The van der Waals surface area contributed by atoms with Gasteiger partial charge in [0.05, 0.1) is 5.39 Å². The van der Waals surface area contributed by atoms with Crippen LogP contribution in [0.5, 0.6) is 11.5 Å². The first kappa shape index (κ1) is 10.7. The van der Waals surface area contributed by atoms with E-state index in [1.807, 2.05) is 0 Å². The van der Waals surface area contributed by atoms with Crippen LogP contribution >= 0.6 is 0 Å². The number of rotatable bonds is 0. The largest absolute Gasteiger partial charge is 0.506 e. The van der Waals surface area contributed by atoms with Crippen molar-refractivity contribution in [1.29, 1.82) is 0 Å². The minimum atomic E-state index is -0.401. The number of phenolic OH excluding ortho intramolecular Hbond substituents is 2. The Balaban J connectivity index is 2.71. The fourth-order valence-electron chi connectivity index (χ4n) is 2.10. The molecular weight excluding hydrogens is 236 g/mol. The van der Waals surface area contributed by atoms with Crippen molar-refractivity contribution in [3.05, 3.63) is 33.9 Å². The Kier molecular flexibility index (Phi) is 1.96. The van der Waals surface area contributed by atoms with Crippen LogP contribution in [0.2, 0.25) is 0 Å². The second-order valence-electron chi connectivity index (χ2n) is 4.22. The molecular formula is C13H10O5. The minimum absolute atomic E-state index is 0.0357. The van der Waals surface area contributed by atoms with Crippen molar-refractivity contribution >= 4 is 21.9 Å². The minimum Gasteiger partial charge on any atom is -0.506 e. The molecule has 92 valence electrons. The molecule has 5 nitrogen and oxygen atoms in total. The number of furan rings is 1. The molecule has 0 radical (unpaired) electrons. The Morgan fingerprint density at radius 2 is 1.56 bits per heavy atom. The van der Waals surface area contributed by atoms with Gasteiger partial charge in [-0.05, 0) is 19.9 Å². The molecule has 2 aromatic heterocycles. The van der Waals surface area contributed by atoms with Gasteiger partial charge in [0.2, 0.25) is 5.75 Å². The van der Waals surface area contributed by atoms with Crippen LogP contribution in [0.25, 0.3) is 21.9 Å². The fourth-order valence-corrected chi connectivity index (χ4v) is 2.10. The van der Waals surface area contributed by atoms with Crippen LogP contribution < -0.4 is 5.43 Å². The molecule has 0 saturated heterocycles. The van der Waals surface area contributed by atoms with E-state index in [1.165, 1.54) is 6.07 Å². The Hall–Kier alpha value is -2.43. The molecule has 3 aromatic rings. The lowest BCUT2D eigenvalue weighted by atomic mass is 10.1. The number of fused-ring (bicyclic) bond motifs is 2. The molecule has 5 heteroatoms. The first-order valence-electron chi connectivity index (χ1n) is 5.37. The zero-order valence-electron chi connectivity index (χ0n) is 9.77. The topological polar surface area (TPSA) is 83.8 Å². The third-order valence-corrected chi connectivity index (χ3v) is 2.85. The molecule has 1 aromatic carbocycles. The number of aromatic hydroxyl groups is 2. The Morgan fingerprint density at radius 3 is 2.28 bits per heavy atom. The summed E-state index contributed by atoms with van der Waals surface area (Å²) in [7, 11) is 0. The summed E-state index contributed by atoms with van der Waals surface area (Å²) < 4.78 is 10.6. The molecule has 0 atom stereocenters. The summed E-state index contributed by atoms with van der Waals surface area (Å²) in [6.07, 6.45) is 0. The number of hydrogen-bond donors (Lipinski definition) is 2. The lowest BCUT2D eigenvalue weighted by Gasteiger charge is -2.04. The summed E-state index contributed by atoms with van der Waals surface area (Å²) in [5, 5.41) is 20.4. The SMILES string of the molecule is Cc1cc2c(O)c3c(=O)cc(C)oc3c(O)c2o1. The van der Waals surface area contributed by atoms with E-state index in [0.717, 1.165) is 0 Å². The summed E-state index contributed by atoms with van der Waals surface area (Å²) in [5.41, 5.74) is -0.340. The number of phenols is 2. The Labute approximate surface area is 101 Å². The van der Waals surface area contributed by atoms with Gasteiger partial charge in [0.25, 0.3) is 0 Å². The van der Waals surface area contributed by atoms with Crippen molar-refractivity contribution in [1.82, 2.24) is 0 Å². The van der Waals surface area contributed by atoms with Crippen LogP contribution in [0, 0.1) is 13.8 Å². The standard InChI is InChI=1S/C13H10O5/c1-5-3-7-10(15)9-8(14)4-6(2)18-13(9)11(16)12(7)17-5/h3-4,15-16H,1-2H3. The van der Waals surface area contributed by atoms with Crippen molar-refractivity contribution in [3.63, 3.8) is 0 Å². The first-order chi connectivity index (χ1) is 8.49. The molecule has 0 aliphatic rings. The van der Waals surface area contributed by atoms with E-state index in [0.29, 0.717) is 16.9 Å². The average molecular weight is 246 g/mol. The molecule has 0 saturated carbocycles. The van der Waals surface area contributed by atoms with E-state index in [2.05, 4.69) is 0 Å². The molecule has 0 fully saturated rings. The third-order valence-electron chi connectivity index (χ3n) is 2.85. The predicted octanol–water partition coefficient (Wildman–Crippen LogP) is 2.57. The summed E-state index contributed by atoms with van der Waals surface area (Å²) in [6, 6.07) is 2.82. The molecule has 2 heterocycles. The van der Waals surface area contributed by atoms with Crippen molar-refractivity contribution in [2.75, 3.05) is 0 Å². The summed E-state index contributed by atoms with van der Waals surface area (Å²) >= 11 is 0. The summed E-state index contributed by atoms with van der Waals surface area (Å²) in [5.74, 6) is 0.370. The van der Waals surface area contributed by atoms with E-state index >= 15 is 0 Å². The zero-order valence-corrected chi connectivity index (χ0v) is 9.77. The number of benzene rings is 1.